The first-order valence-corrected chi connectivity index (χ1v) is 6.86. The molecule has 1 aromatic carbocycles. The van der Waals surface area contributed by atoms with E-state index in [4.69, 9.17) is 26.5 Å². The van der Waals surface area contributed by atoms with Gasteiger partial charge in [0.1, 0.15) is 23.2 Å². The van der Waals surface area contributed by atoms with Crippen LogP contribution in [0.15, 0.2) is 51.0 Å². The maximum absolute atomic E-state index is 12.3. The predicted octanol–water partition coefficient (Wildman–Crippen LogP) is 2.82. The predicted molar refractivity (Wildman–Crippen MR) is 80.5 cm³/mol. The highest BCUT2D eigenvalue weighted by Crippen LogP contribution is 2.40. The monoisotopic (exact) mass is 314 g/mol. The van der Waals surface area contributed by atoms with Crippen LogP contribution < -0.4 is 16.1 Å². The molecule has 1 atom stereocenters. The Kier molecular flexibility index (Phi) is 3.39. The molecule has 1 aliphatic rings. The fourth-order valence-corrected chi connectivity index (χ4v) is 2.63. The van der Waals surface area contributed by atoms with E-state index in [1.54, 1.807) is 37.3 Å². The van der Waals surface area contributed by atoms with Crippen molar-refractivity contribution in [3.05, 3.63) is 74.1 Å². The minimum Gasteiger partial charge on any atom is -0.440 e. The first-order chi connectivity index (χ1) is 10.5. The molecule has 0 fully saturated rings. The summed E-state index contributed by atoms with van der Waals surface area (Å²) >= 11 is 5.90. The van der Waals surface area contributed by atoms with Crippen molar-refractivity contribution < 1.29 is 9.15 Å². The Labute approximate surface area is 131 Å². The van der Waals surface area contributed by atoms with E-state index in [0.29, 0.717) is 22.1 Å². The normalized spacial score (nSPS) is 16.7. The van der Waals surface area contributed by atoms with Crippen LogP contribution in [-0.2, 0) is 0 Å². The molecule has 22 heavy (non-hydrogen) atoms. The average molecular weight is 315 g/mol. The van der Waals surface area contributed by atoms with Crippen LogP contribution in [0.2, 0.25) is 5.02 Å². The van der Waals surface area contributed by atoms with Crippen LogP contribution in [0, 0.1) is 18.3 Å². The number of nitriles is 1. The Hall–Kier alpha value is -2.71. The Bertz CT molecular complexity index is 876. The maximum atomic E-state index is 12.3. The van der Waals surface area contributed by atoms with Gasteiger partial charge in [0.15, 0.2) is 0 Å². The lowest BCUT2D eigenvalue weighted by Crippen LogP contribution is -2.26. The highest BCUT2D eigenvalue weighted by molar-refractivity contribution is 6.30. The van der Waals surface area contributed by atoms with Crippen molar-refractivity contribution >= 4 is 11.6 Å². The fourth-order valence-electron chi connectivity index (χ4n) is 2.51. The number of nitrogens with two attached hydrogens (primary N) is 1. The lowest BCUT2D eigenvalue weighted by atomic mass is 9.84. The van der Waals surface area contributed by atoms with Crippen LogP contribution in [0.5, 0.6) is 5.75 Å². The molecular weight excluding hydrogens is 304 g/mol. The van der Waals surface area contributed by atoms with E-state index in [0.717, 1.165) is 0 Å². The lowest BCUT2D eigenvalue weighted by molar-refractivity contribution is 0.371. The highest BCUT2D eigenvalue weighted by Gasteiger charge is 2.34. The molecule has 2 N–H and O–H groups in total. The van der Waals surface area contributed by atoms with Gasteiger partial charge < -0.3 is 14.9 Å². The van der Waals surface area contributed by atoms with E-state index < -0.39 is 11.5 Å². The third-order valence-electron chi connectivity index (χ3n) is 3.46. The van der Waals surface area contributed by atoms with E-state index in [9.17, 15) is 10.1 Å². The maximum Gasteiger partial charge on any atom is 0.343 e. The molecule has 3 rings (SSSR count). The van der Waals surface area contributed by atoms with Crippen molar-refractivity contribution in [3.63, 3.8) is 0 Å². The molecule has 110 valence electrons. The molecule has 2 aromatic rings. The van der Waals surface area contributed by atoms with Crippen molar-refractivity contribution in [1.29, 1.82) is 5.26 Å². The Balaban J connectivity index is 2.29. The van der Waals surface area contributed by atoms with Crippen molar-refractivity contribution in [1.82, 2.24) is 0 Å². The van der Waals surface area contributed by atoms with Gasteiger partial charge in [-0.3, -0.25) is 0 Å². The van der Waals surface area contributed by atoms with E-state index in [1.165, 1.54) is 0 Å². The fraction of sp³-hybridized carbons (Fsp3) is 0.125. The summed E-state index contributed by atoms with van der Waals surface area (Å²) in [5.41, 5.74) is 6.44. The second kappa shape index (κ2) is 5.24. The van der Waals surface area contributed by atoms with Gasteiger partial charge in [0, 0.05) is 11.1 Å². The van der Waals surface area contributed by atoms with Crippen molar-refractivity contribution in [2.75, 3.05) is 0 Å². The summed E-state index contributed by atoms with van der Waals surface area (Å²) in [6.07, 6.45) is 0. The lowest BCUT2D eigenvalue weighted by Gasteiger charge is -2.25. The number of hydrogen-bond donors (Lipinski definition) is 1. The van der Waals surface area contributed by atoms with Crippen LogP contribution in [0.3, 0.4) is 0 Å². The molecule has 0 aliphatic carbocycles. The minimum absolute atomic E-state index is 0.0139. The van der Waals surface area contributed by atoms with Crippen LogP contribution >= 0.6 is 11.6 Å². The summed E-state index contributed by atoms with van der Waals surface area (Å²) < 4.78 is 10.6. The number of nitrogens with zero attached hydrogens (tertiary/aromatic N) is 1. The van der Waals surface area contributed by atoms with Gasteiger partial charge in [-0.15, -0.1) is 0 Å². The Morgan fingerprint density at radius 2 is 2.00 bits per heavy atom. The molecule has 0 amide bonds. The average Bonchev–Trinajstić information content (AvgIpc) is 2.46. The molecule has 0 bridgehead atoms. The van der Waals surface area contributed by atoms with Crippen LogP contribution in [0.25, 0.3) is 0 Å². The van der Waals surface area contributed by atoms with Crippen molar-refractivity contribution in [2.45, 2.75) is 12.8 Å². The summed E-state index contributed by atoms with van der Waals surface area (Å²) in [5.74, 6) is 0.0693. The third-order valence-corrected chi connectivity index (χ3v) is 3.71. The van der Waals surface area contributed by atoms with Crippen LogP contribution in [0.1, 0.15) is 22.8 Å². The van der Waals surface area contributed by atoms with E-state index in [1.807, 2.05) is 6.07 Å². The van der Waals surface area contributed by atoms with Crippen molar-refractivity contribution in [2.24, 2.45) is 5.73 Å². The summed E-state index contributed by atoms with van der Waals surface area (Å²) in [4.78, 5) is 12.3. The van der Waals surface area contributed by atoms with Gasteiger partial charge >= 0.3 is 5.63 Å². The molecule has 0 saturated carbocycles. The molecule has 1 aromatic heterocycles. The zero-order valence-corrected chi connectivity index (χ0v) is 12.3. The minimum atomic E-state index is -0.636. The number of rotatable bonds is 1. The van der Waals surface area contributed by atoms with Gasteiger partial charge in [-0.25, -0.2) is 4.79 Å². The van der Waals surface area contributed by atoms with E-state index in [-0.39, 0.29) is 17.0 Å². The number of aryl methyl sites for hydroxylation is 1. The third kappa shape index (κ3) is 2.24. The molecule has 0 saturated heterocycles. The van der Waals surface area contributed by atoms with Gasteiger partial charge in [0.25, 0.3) is 0 Å². The first-order valence-electron chi connectivity index (χ1n) is 6.49. The van der Waals surface area contributed by atoms with E-state index in [2.05, 4.69) is 0 Å². The summed E-state index contributed by atoms with van der Waals surface area (Å²) in [6.45, 7) is 1.64. The zero-order chi connectivity index (χ0) is 15.9. The number of benzene rings is 1. The topological polar surface area (TPSA) is 89.2 Å². The quantitative estimate of drug-likeness (QED) is 0.874. The van der Waals surface area contributed by atoms with Crippen molar-refractivity contribution in [3.8, 4) is 11.8 Å². The molecule has 2 heterocycles. The van der Waals surface area contributed by atoms with Crippen LogP contribution in [-0.4, -0.2) is 0 Å². The first kappa shape index (κ1) is 14.2. The Morgan fingerprint density at radius 1 is 1.32 bits per heavy atom. The van der Waals surface area contributed by atoms with Gasteiger partial charge in [-0.1, -0.05) is 23.7 Å². The van der Waals surface area contributed by atoms with Gasteiger partial charge in [-0.2, -0.15) is 5.26 Å². The van der Waals surface area contributed by atoms with Gasteiger partial charge in [0.05, 0.1) is 11.5 Å². The molecule has 6 heteroatoms. The highest BCUT2D eigenvalue weighted by atomic mass is 35.5. The van der Waals surface area contributed by atoms with E-state index >= 15 is 0 Å². The zero-order valence-electron chi connectivity index (χ0n) is 11.6. The smallest absolute Gasteiger partial charge is 0.343 e. The molecular formula is C16H11ClN2O3. The number of ether oxygens (including phenoxy) is 1. The molecule has 1 aliphatic heterocycles. The molecule has 5 nitrogen and oxygen atoms in total. The number of halogens is 1. The number of fused-ring (bicyclic) bond motifs is 1. The number of hydrogen-bond acceptors (Lipinski definition) is 5. The largest absolute Gasteiger partial charge is 0.440 e. The summed E-state index contributed by atoms with van der Waals surface area (Å²) in [5, 5.41) is 9.95. The van der Waals surface area contributed by atoms with Crippen LogP contribution in [0.4, 0.5) is 0 Å². The standard InChI is InChI=1S/C16H11ClN2O3/c1-8-6-12-14(16(20)21-8)13(11(7-18)15(19)22-12)9-2-4-10(17)5-3-9/h2-6,13H,19H2,1H3/t13-/m0/s1. The second-order valence-electron chi connectivity index (χ2n) is 4.90. The molecule has 0 unspecified atom stereocenters. The Morgan fingerprint density at radius 3 is 2.64 bits per heavy atom. The SMILES string of the molecule is Cc1cc2c(c(=O)o1)[C@@H](c1ccc(Cl)cc1)C(C#N)=C(N)O2. The van der Waals surface area contributed by atoms with Gasteiger partial charge in [-0.05, 0) is 24.6 Å². The number of allylic oxidation sites excluding steroid dienone is 1. The second-order valence-corrected chi connectivity index (χ2v) is 5.34. The molecule has 0 spiro atoms. The molecule has 0 radical (unpaired) electrons. The summed E-state index contributed by atoms with van der Waals surface area (Å²) in [6, 6.07) is 10.5. The summed E-state index contributed by atoms with van der Waals surface area (Å²) in [7, 11) is 0. The van der Waals surface area contributed by atoms with Gasteiger partial charge in [0.2, 0.25) is 5.88 Å².